The third-order valence-electron chi connectivity index (χ3n) is 3.56. The first-order valence-electron chi connectivity index (χ1n) is 10.5. The van der Waals surface area contributed by atoms with Gasteiger partial charge < -0.3 is 9.64 Å². The molecule has 0 aromatic heterocycles. The van der Waals surface area contributed by atoms with E-state index >= 15 is 0 Å². The fourth-order valence-electron chi connectivity index (χ4n) is 2.27. The molecule has 8 nitrogen and oxygen atoms in total. The van der Waals surface area contributed by atoms with Crippen molar-refractivity contribution in [2.75, 3.05) is 48.6 Å². The third kappa shape index (κ3) is 9.64. The van der Waals surface area contributed by atoms with Gasteiger partial charge >= 0.3 is 0 Å². The van der Waals surface area contributed by atoms with E-state index in [0.717, 1.165) is 18.1 Å². The molecule has 0 fully saturated rings. The summed E-state index contributed by atoms with van der Waals surface area (Å²) in [5.41, 5.74) is 1.49. The predicted molar refractivity (Wildman–Crippen MR) is 117 cm³/mol. The molecule has 2 N–H and O–H groups in total. The summed E-state index contributed by atoms with van der Waals surface area (Å²) in [5.74, 6) is 0.0327. The van der Waals surface area contributed by atoms with Crippen molar-refractivity contribution in [1.82, 2.24) is 4.90 Å². The number of rotatable bonds is 11. The summed E-state index contributed by atoms with van der Waals surface area (Å²) in [6, 6.07) is 12.0. The van der Waals surface area contributed by atoms with Crippen LogP contribution in [-0.2, 0) is 26.5 Å². The molecule has 0 saturated carbocycles. The van der Waals surface area contributed by atoms with E-state index in [-0.39, 0.29) is 18.0 Å². The molecular weight excluding hydrogens is 414 g/mol. The molecule has 0 unspecified atom stereocenters. The predicted octanol–water partition coefficient (Wildman–Crippen LogP) is 1.98. The van der Waals surface area contributed by atoms with Crippen LogP contribution in [0.15, 0.2) is 48.5 Å². The van der Waals surface area contributed by atoms with Crippen LogP contribution in [0.25, 0.3) is 0 Å². The summed E-state index contributed by atoms with van der Waals surface area (Å²) >= 11 is 0. The van der Waals surface area contributed by atoms with Gasteiger partial charge in [0.05, 0.1) is 15.3 Å². The van der Waals surface area contributed by atoms with Crippen molar-refractivity contribution in [2.45, 2.75) is 6.42 Å². The van der Waals surface area contributed by atoms with Crippen LogP contribution in [0.3, 0.4) is 0 Å². The van der Waals surface area contributed by atoms with Gasteiger partial charge in [-0.2, -0.15) is 0 Å². The minimum atomic E-state index is -3.46. The molecule has 0 aliphatic rings. The Morgan fingerprint density at radius 2 is 1.38 bits per heavy atom. The number of anilines is 2. The lowest BCUT2D eigenvalue weighted by Crippen LogP contribution is -2.26. The van der Waals surface area contributed by atoms with Crippen molar-refractivity contribution >= 4 is 31.4 Å². The van der Waals surface area contributed by atoms with Crippen LogP contribution in [0, 0.1) is 0 Å². The quantitative estimate of drug-likeness (QED) is 0.548. The lowest BCUT2D eigenvalue weighted by molar-refractivity contribution is 0.239. The first-order chi connectivity index (χ1) is 15.0. The Morgan fingerprint density at radius 1 is 0.897 bits per heavy atom. The highest BCUT2D eigenvalue weighted by molar-refractivity contribution is 7.92. The summed E-state index contributed by atoms with van der Waals surface area (Å²) in [6.45, 7) is -5.07. The van der Waals surface area contributed by atoms with Crippen molar-refractivity contribution in [3.63, 3.8) is 0 Å². The van der Waals surface area contributed by atoms with E-state index in [1.807, 2.05) is 0 Å². The van der Waals surface area contributed by atoms with Crippen molar-refractivity contribution in [2.24, 2.45) is 0 Å². The molecule has 2 rings (SSSR count). The first-order valence-corrected chi connectivity index (χ1v) is 12.3. The Morgan fingerprint density at radius 3 is 1.86 bits per heavy atom. The minimum absolute atomic E-state index is 0.0327. The second-order valence-electron chi connectivity index (χ2n) is 6.46. The second-order valence-corrected chi connectivity index (χ2v) is 9.95. The van der Waals surface area contributed by atoms with E-state index in [2.05, 4.69) is 9.44 Å². The monoisotopic (exact) mass is 445 g/mol. The highest BCUT2D eigenvalue weighted by Crippen LogP contribution is 2.16. The van der Waals surface area contributed by atoms with Crippen molar-refractivity contribution < 1.29 is 27.1 Å². The topological polar surface area (TPSA) is 105 Å². The van der Waals surface area contributed by atoms with Gasteiger partial charge in [-0.05, 0) is 55.4 Å². The van der Waals surface area contributed by atoms with Gasteiger partial charge in [0, 0.05) is 27.2 Å². The summed E-state index contributed by atoms with van der Waals surface area (Å²) < 4.78 is 87.8. The zero-order valence-corrected chi connectivity index (χ0v) is 18.0. The van der Waals surface area contributed by atoms with Crippen molar-refractivity contribution in [3.8, 4) is 5.75 Å². The standard InChI is InChI=1S/C19H27N3O5S2/c1-22(13-12-16-4-6-17(7-5-16)20-28(2,23)24)14-15-27-19-10-8-18(9-11-19)21-29(3,25)26/h4-11,20-21H,12-15H2,1-3H3/i14D2,15D2. The Bertz CT molecular complexity index is 1160. The third-order valence-corrected chi connectivity index (χ3v) is 4.77. The number of sulfonamides is 2. The van der Waals surface area contributed by atoms with Crippen LogP contribution in [-0.4, -0.2) is 60.9 Å². The maximum atomic E-state index is 11.3. The van der Waals surface area contributed by atoms with Gasteiger partial charge in [-0.15, -0.1) is 0 Å². The van der Waals surface area contributed by atoms with Crippen LogP contribution in [0.5, 0.6) is 5.75 Å². The minimum Gasteiger partial charge on any atom is -0.492 e. The Hall–Kier alpha value is -2.30. The second kappa shape index (κ2) is 9.95. The van der Waals surface area contributed by atoms with Gasteiger partial charge in [0.2, 0.25) is 20.0 Å². The average molecular weight is 446 g/mol. The zero-order valence-electron chi connectivity index (χ0n) is 20.3. The van der Waals surface area contributed by atoms with Gasteiger partial charge in [-0.3, -0.25) is 9.44 Å². The summed E-state index contributed by atoms with van der Waals surface area (Å²) in [4.78, 5) is 1.19. The highest BCUT2D eigenvalue weighted by atomic mass is 32.2. The zero-order chi connectivity index (χ0) is 25.1. The summed E-state index contributed by atoms with van der Waals surface area (Å²) in [6.07, 6.45) is 2.44. The lowest BCUT2D eigenvalue weighted by Gasteiger charge is -2.17. The van der Waals surface area contributed by atoms with Gasteiger partial charge in [-0.1, -0.05) is 12.1 Å². The molecule has 0 radical (unpaired) electrons. The number of nitrogens with zero attached hydrogens (tertiary/aromatic N) is 1. The number of hydrogen-bond acceptors (Lipinski definition) is 6. The molecule has 2 aromatic carbocycles. The molecule has 160 valence electrons. The molecule has 0 bridgehead atoms. The molecule has 29 heavy (non-hydrogen) atoms. The first kappa shape index (κ1) is 17.5. The number of benzene rings is 2. The molecule has 0 aliphatic heterocycles. The van der Waals surface area contributed by atoms with Crippen LogP contribution in [0.4, 0.5) is 11.4 Å². The van der Waals surface area contributed by atoms with Crippen LogP contribution >= 0.6 is 0 Å². The van der Waals surface area contributed by atoms with E-state index in [1.165, 1.54) is 36.2 Å². The molecule has 0 spiro atoms. The fourth-order valence-corrected chi connectivity index (χ4v) is 3.40. The van der Waals surface area contributed by atoms with Crippen LogP contribution < -0.4 is 14.2 Å². The SMILES string of the molecule is [2H]C([2H])(Oc1ccc(NS(C)(=O)=O)cc1)C([2H])([2H])N(C)CCc1ccc(NS(C)(=O)=O)cc1. The molecule has 0 aliphatic carbocycles. The molecule has 0 atom stereocenters. The van der Waals surface area contributed by atoms with Gasteiger partial charge in [0.1, 0.15) is 12.3 Å². The summed E-state index contributed by atoms with van der Waals surface area (Å²) in [7, 11) is -5.41. The molecule has 10 heteroatoms. The van der Waals surface area contributed by atoms with E-state index in [0.29, 0.717) is 12.1 Å². The van der Waals surface area contributed by atoms with Gasteiger partial charge in [0.15, 0.2) is 0 Å². The smallest absolute Gasteiger partial charge is 0.229 e. The molecule has 0 amide bonds. The van der Waals surface area contributed by atoms with Crippen molar-refractivity contribution in [3.05, 3.63) is 54.1 Å². The largest absolute Gasteiger partial charge is 0.492 e. The van der Waals surface area contributed by atoms with Gasteiger partial charge in [0.25, 0.3) is 0 Å². The maximum Gasteiger partial charge on any atom is 0.229 e. The van der Waals surface area contributed by atoms with Crippen molar-refractivity contribution in [1.29, 1.82) is 0 Å². The molecular formula is C19H27N3O5S2. The van der Waals surface area contributed by atoms with E-state index < -0.39 is 33.1 Å². The van der Waals surface area contributed by atoms with E-state index in [9.17, 15) is 16.8 Å². The number of ether oxygens (including phenoxy) is 1. The molecule has 0 saturated heterocycles. The normalized spacial score (nSPS) is 15.0. The van der Waals surface area contributed by atoms with Crippen LogP contribution in [0.1, 0.15) is 11.0 Å². The molecule has 0 heterocycles. The Kier molecular flexibility index (Phi) is 6.02. The number of likely N-dealkylation sites (N-methyl/N-ethyl adjacent to an activating group) is 1. The Balaban J connectivity index is 2.01. The number of nitrogens with one attached hydrogen (secondary N) is 2. The highest BCUT2D eigenvalue weighted by Gasteiger charge is 2.05. The average Bonchev–Trinajstić information content (AvgIpc) is 2.66. The summed E-state index contributed by atoms with van der Waals surface area (Å²) in [5, 5.41) is 0. The van der Waals surface area contributed by atoms with Crippen LogP contribution in [0.2, 0.25) is 0 Å². The fraction of sp³-hybridized carbons (Fsp3) is 0.368. The Labute approximate surface area is 178 Å². The molecule has 2 aromatic rings. The number of hydrogen-bond donors (Lipinski definition) is 2. The van der Waals surface area contributed by atoms with E-state index in [4.69, 9.17) is 10.2 Å². The van der Waals surface area contributed by atoms with E-state index in [1.54, 1.807) is 24.3 Å². The maximum absolute atomic E-state index is 11.3. The lowest BCUT2D eigenvalue weighted by atomic mass is 10.1. The van der Waals surface area contributed by atoms with Gasteiger partial charge in [-0.25, -0.2) is 16.8 Å².